The molecule has 1 heterocycles. The standard InChI is InChI=1S/C18H23N3OS/c1-11-14-15-13(17(15,2)3)9-18(14,22)21(20-11)16(23)19-10-12-7-5-4-6-8-12/h4-8,13-15,22H,9-10H2,1-3H3,(H,19,23)/t13-,14+,15-,18+/m1/s1. The first kappa shape index (κ1) is 15.1. The van der Waals surface area contributed by atoms with Gasteiger partial charge in [-0.2, -0.15) is 5.10 Å². The van der Waals surface area contributed by atoms with E-state index in [1.54, 1.807) is 5.01 Å². The number of aliphatic hydroxyl groups is 1. The molecule has 3 aliphatic rings. The lowest BCUT2D eigenvalue weighted by molar-refractivity contribution is -0.0860. The maximum atomic E-state index is 11.2. The summed E-state index contributed by atoms with van der Waals surface area (Å²) in [5, 5.41) is 21.3. The molecule has 122 valence electrons. The lowest BCUT2D eigenvalue weighted by atomic mass is 9.84. The highest BCUT2D eigenvalue weighted by molar-refractivity contribution is 7.80. The average Bonchev–Trinajstić information content (AvgIpc) is 2.83. The van der Waals surface area contributed by atoms with E-state index in [1.165, 1.54) is 0 Å². The minimum Gasteiger partial charge on any atom is -0.368 e. The molecular formula is C18H23N3OS. The summed E-state index contributed by atoms with van der Waals surface area (Å²) in [7, 11) is 0. The van der Waals surface area contributed by atoms with Gasteiger partial charge >= 0.3 is 0 Å². The van der Waals surface area contributed by atoms with Crippen molar-refractivity contribution in [2.45, 2.75) is 39.5 Å². The zero-order valence-electron chi connectivity index (χ0n) is 13.8. The number of hydrogen-bond donors (Lipinski definition) is 2. The molecule has 2 saturated carbocycles. The van der Waals surface area contributed by atoms with Gasteiger partial charge in [0.25, 0.3) is 0 Å². The van der Waals surface area contributed by atoms with Crippen molar-refractivity contribution in [3.63, 3.8) is 0 Å². The van der Waals surface area contributed by atoms with Crippen molar-refractivity contribution in [1.82, 2.24) is 10.3 Å². The molecule has 4 atom stereocenters. The first-order valence-corrected chi connectivity index (χ1v) is 8.66. The molecule has 0 aromatic heterocycles. The predicted octanol–water partition coefficient (Wildman–Crippen LogP) is 2.73. The zero-order valence-corrected chi connectivity index (χ0v) is 14.6. The highest BCUT2D eigenvalue weighted by Gasteiger charge is 2.75. The molecule has 1 aromatic carbocycles. The first-order valence-electron chi connectivity index (χ1n) is 8.25. The number of fused-ring (bicyclic) bond motifs is 3. The summed E-state index contributed by atoms with van der Waals surface area (Å²) in [4.78, 5) is 0. The molecule has 2 N–H and O–H groups in total. The highest BCUT2D eigenvalue weighted by Crippen LogP contribution is 2.73. The molecule has 1 aromatic rings. The fourth-order valence-corrected chi connectivity index (χ4v) is 5.04. The van der Waals surface area contributed by atoms with Crippen LogP contribution in [0, 0.1) is 23.2 Å². The summed E-state index contributed by atoms with van der Waals surface area (Å²) in [5.74, 6) is 1.21. The average molecular weight is 329 g/mol. The fraction of sp³-hybridized carbons (Fsp3) is 0.556. The zero-order chi connectivity index (χ0) is 16.4. The maximum Gasteiger partial charge on any atom is 0.192 e. The van der Waals surface area contributed by atoms with Gasteiger partial charge in [0.05, 0.1) is 5.92 Å². The Bertz CT molecular complexity index is 687. The Labute approximate surface area is 142 Å². The number of rotatable bonds is 2. The topological polar surface area (TPSA) is 47.9 Å². The van der Waals surface area contributed by atoms with E-state index in [4.69, 9.17) is 12.2 Å². The van der Waals surface area contributed by atoms with Crippen LogP contribution in [0.4, 0.5) is 0 Å². The van der Waals surface area contributed by atoms with Gasteiger partial charge < -0.3 is 10.4 Å². The van der Waals surface area contributed by atoms with Crippen molar-refractivity contribution >= 4 is 23.0 Å². The van der Waals surface area contributed by atoms with Gasteiger partial charge in [-0.05, 0) is 42.0 Å². The van der Waals surface area contributed by atoms with Gasteiger partial charge in [-0.25, -0.2) is 5.01 Å². The third-order valence-corrected chi connectivity index (χ3v) is 6.39. The van der Waals surface area contributed by atoms with Gasteiger partial charge in [0.1, 0.15) is 0 Å². The van der Waals surface area contributed by atoms with Crippen LogP contribution >= 0.6 is 12.2 Å². The summed E-state index contributed by atoms with van der Waals surface area (Å²) in [6.07, 6.45) is 0.753. The van der Waals surface area contributed by atoms with Gasteiger partial charge in [-0.15, -0.1) is 0 Å². The molecule has 0 radical (unpaired) electrons. The summed E-state index contributed by atoms with van der Waals surface area (Å²) in [6, 6.07) is 10.1. The lowest BCUT2D eigenvalue weighted by Gasteiger charge is -2.36. The van der Waals surface area contributed by atoms with Crippen LogP contribution in [-0.4, -0.2) is 26.7 Å². The first-order chi connectivity index (χ1) is 10.9. The molecule has 0 saturated heterocycles. The van der Waals surface area contributed by atoms with Crippen molar-refractivity contribution in [3.8, 4) is 0 Å². The van der Waals surface area contributed by atoms with E-state index in [-0.39, 0.29) is 5.92 Å². The molecule has 0 amide bonds. The fourth-order valence-electron chi connectivity index (χ4n) is 4.77. The molecule has 5 heteroatoms. The molecule has 2 aliphatic carbocycles. The summed E-state index contributed by atoms with van der Waals surface area (Å²) in [6.45, 7) is 7.25. The van der Waals surface area contributed by atoms with E-state index in [0.29, 0.717) is 28.9 Å². The van der Waals surface area contributed by atoms with Crippen LogP contribution in [0.1, 0.15) is 32.8 Å². The van der Waals surface area contributed by atoms with Crippen molar-refractivity contribution in [3.05, 3.63) is 35.9 Å². The van der Waals surface area contributed by atoms with Gasteiger partial charge in [-0.3, -0.25) is 0 Å². The largest absolute Gasteiger partial charge is 0.368 e. The minimum absolute atomic E-state index is 0.110. The maximum absolute atomic E-state index is 11.2. The van der Waals surface area contributed by atoms with E-state index >= 15 is 0 Å². The monoisotopic (exact) mass is 329 g/mol. The third kappa shape index (κ3) is 2.06. The summed E-state index contributed by atoms with van der Waals surface area (Å²) in [5.41, 5.74) is 1.56. The van der Waals surface area contributed by atoms with Crippen LogP contribution in [0.3, 0.4) is 0 Å². The van der Waals surface area contributed by atoms with E-state index in [9.17, 15) is 5.11 Å². The second kappa shape index (κ2) is 4.77. The predicted molar refractivity (Wildman–Crippen MR) is 94.6 cm³/mol. The van der Waals surface area contributed by atoms with Gasteiger partial charge in [0, 0.05) is 18.7 Å². The number of thiocarbonyl (C=S) groups is 1. The van der Waals surface area contributed by atoms with Crippen LogP contribution in [-0.2, 0) is 6.54 Å². The second-order valence-corrected chi connectivity index (χ2v) is 8.10. The van der Waals surface area contributed by atoms with Crippen LogP contribution in [0.2, 0.25) is 0 Å². The summed E-state index contributed by atoms with van der Waals surface area (Å²) < 4.78 is 0. The van der Waals surface area contributed by atoms with Crippen LogP contribution < -0.4 is 5.32 Å². The Morgan fingerprint density at radius 2 is 2.09 bits per heavy atom. The summed E-state index contributed by atoms with van der Waals surface area (Å²) >= 11 is 5.52. The molecule has 1 aliphatic heterocycles. The smallest absolute Gasteiger partial charge is 0.192 e. The quantitative estimate of drug-likeness (QED) is 0.819. The van der Waals surface area contributed by atoms with E-state index in [1.807, 2.05) is 25.1 Å². The lowest BCUT2D eigenvalue weighted by Crippen LogP contribution is -2.53. The molecule has 4 nitrogen and oxygen atoms in total. The molecular weight excluding hydrogens is 306 g/mol. The Morgan fingerprint density at radius 3 is 2.78 bits per heavy atom. The van der Waals surface area contributed by atoms with Crippen molar-refractivity contribution < 1.29 is 5.11 Å². The number of nitrogens with one attached hydrogen (secondary N) is 1. The van der Waals surface area contributed by atoms with Crippen LogP contribution in [0.5, 0.6) is 0 Å². The minimum atomic E-state index is -0.935. The van der Waals surface area contributed by atoms with Crippen molar-refractivity contribution in [2.24, 2.45) is 28.3 Å². The van der Waals surface area contributed by atoms with Gasteiger partial charge in [-0.1, -0.05) is 44.2 Å². The normalized spacial score (nSPS) is 36.3. The number of benzene rings is 1. The van der Waals surface area contributed by atoms with E-state index in [0.717, 1.165) is 17.7 Å². The number of hydrazone groups is 1. The highest BCUT2D eigenvalue weighted by atomic mass is 32.1. The Morgan fingerprint density at radius 1 is 1.39 bits per heavy atom. The van der Waals surface area contributed by atoms with Gasteiger partial charge in [0.2, 0.25) is 0 Å². The molecule has 23 heavy (non-hydrogen) atoms. The third-order valence-electron chi connectivity index (χ3n) is 6.07. The number of nitrogens with zero attached hydrogens (tertiary/aromatic N) is 2. The van der Waals surface area contributed by atoms with E-state index < -0.39 is 5.72 Å². The Hall–Kier alpha value is -1.46. The molecule has 4 rings (SSSR count). The second-order valence-electron chi connectivity index (χ2n) is 7.71. The van der Waals surface area contributed by atoms with Crippen LogP contribution in [0.15, 0.2) is 35.4 Å². The van der Waals surface area contributed by atoms with Crippen molar-refractivity contribution in [1.29, 1.82) is 0 Å². The molecule has 0 unspecified atom stereocenters. The Kier molecular flexibility index (Phi) is 3.13. The molecule has 0 spiro atoms. The van der Waals surface area contributed by atoms with Gasteiger partial charge in [0.15, 0.2) is 10.8 Å². The SMILES string of the molecule is CC1=NN(C(=S)NCc2ccccc2)[C@]2(O)C[C@@H]3[C@H]([C@H]12)C3(C)C. The molecule has 0 bridgehead atoms. The molecule has 2 fully saturated rings. The van der Waals surface area contributed by atoms with Crippen LogP contribution in [0.25, 0.3) is 0 Å². The Balaban J connectivity index is 1.49. The van der Waals surface area contributed by atoms with E-state index in [2.05, 4.69) is 36.4 Å². The number of hydrogen-bond acceptors (Lipinski definition) is 3. The van der Waals surface area contributed by atoms with Crippen molar-refractivity contribution in [2.75, 3.05) is 0 Å².